The quantitative estimate of drug-likeness (QED) is 0.890. The topological polar surface area (TPSA) is 61.4 Å². The molecule has 6 heteroatoms. The zero-order chi connectivity index (χ0) is 14.4. The van der Waals surface area contributed by atoms with Crippen LogP contribution in [0.5, 0.6) is 0 Å². The predicted octanol–water partition coefficient (Wildman–Crippen LogP) is 1.81. The van der Waals surface area contributed by atoms with E-state index in [9.17, 15) is 9.59 Å². The van der Waals surface area contributed by atoms with Crippen LogP contribution in [0, 0.1) is 5.92 Å². The molecule has 1 aromatic rings. The zero-order valence-electron chi connectivity index (χ0n) is 11.7. The first-order valence-corrected chi connectivity index (χ1v) is 7.84. The van der Waals surface area contributed by atoms with E-state index in [2.05, 4.69) is 22.5 Å². The summed E-state index contributed by atoms with van der Waals surface area (Å²) in [5.41, 5.74) is 0. The van der Waals surface area contributed by atoms with Gasteiger partial charge < -0.3 is 5.32 Å². The minimum Gasteiger partial charge on any atom is -0.333 e. The highest BCUT2D eigenvalue weighted by Crippen LogP contribution is 2.14. The van der Waals surface area contributed by atoms with E-state index in [1.807, 2.05) is 17.5 Å². The van der Waals surface area contributed by atoms with Crippen molar-refractivity contribution in [1.29, 1.82) is 0 Å². The first kappa shape index (κ1) is 15.0. The third kappa shape index (κ3) is 4.94. The van der Waals surface area contributed by atoms with E-state index in [0.717, 1.165) is 24.4 Å². The molecule has 1 saturated heterocycles. The first-order chi connectivity index (χ1) is 9.63. The second-order valence-corrected chi connectivity index (χ2v) is 6.32. The van der Waals surface area contributed by atoms with Crippen LogP contribution in [0.25, 0.3) is 0 Å². The summed E-state index contributed by atoms with van der Waals surface area (Å²) in [6.07, 6.45) is 2.35. The summed E-state index contributed by atoms with van der Waals surface area (Å²) >= 11 is 1.58. The summed E-state index contributed by atoms with van der Waals surface area (Å²) in [5, 5.41) is 7.02. The molecule has 2 N–H and O–H groups in total. The Kier molecular flexibility index (Phi) is 5.55. The Morgan fingerprint density at radius 3 is 3.05 bits per heavy atom. The number of imide groups is 1. The number of likely N-dealkylation sites (tertiary alicyclic amines) is 1. The smallest absolute Gasteiger partial charge is 0.321 e. The van der Waals surface area contributed by atoms with Gasteiger partial charge in [-0.3, -0.25) is 15.0 Å². The third-order valence-corrected chi connectivity index (χ3v) is 4.24. The second-order valence-electron chi connectivity index (χ2n) is 5.29. The molecule has 1 aromatic heterocycles. The van der Waals surface area contributed by atoms with Crippen LogP contribution in [0.15, 0.2) is 17.5 Å². The Labute approximate surface area is 123 Å². The molecule has 5 nitrogen and oxygen atoms in total. The number of hydrogen-bond acceptors (Lipinski definition) is 4. The minimum absolute atomic E-state index is 0.234. The van der Waals surface area contributed by atoms with Crippen LogP contribution in [-0.2, 0) is 11.3 Å². The number of hydrogen-bond donors (Lipinski definition) is 2. The van der Waals surface area contributed by atoms with Crippen molar-refractivity contribution in [3.63, 3.8) is 0 Å². The van der Waals surface area contributed by atoms with Gasteiger partial charge >= 0.3 is 6.03 Å². The normalized spacial score (nSPS) is 19.6. The Hall–Kier alpha value is -1.40. The van der Waals surface area contributed by atoms with Crippen LogP contribution in [0.1, 0.15) is 24.6 Å². The third-order valence-electron chi connectivity index (χ3n) is 3.36. The van der Waals surface area contributed by atoms with E-state index < -0.39 is 6.03 Å². The number of piperidine rings is 1. The molecule has 0 aromatic carbocycles. The fraction of sp³-hybridized carbons (Fsp3) is 0.571. The van der Waals surface area contributed by atoms with Crippen molar-refractivity contribution in [3.8, 4) is 0 Å². The number of thiophene rings is 1. The van der Waals surface area contributed by atoms with Crippen molar-refractivity contribution in [3.05, 3.63) is 22.4 Å². The van der Waals surface area contributed by atoms with Gasteiger partial charge in [0.15, 0.2) is 0 Å². The molecule has 0 aliphatic carbocycles. The summed E-state index contributed by atoms with van der Waals surface area (Å²) in [5.74, 6) is 0.395. The lowest BCUT2D eigenvalue weighted by Crippen LogP contribution is -2.46. The maximum atomic E-state index is 11.8. The van der Waals surface area contributed by atoms with Gasteiger partial charge in [-0.25, -0.2) is 4.79 Å². The van der Waals surface area contributed by atoms with Gasteiger partial charge in [-0.2, -0.15) is 0 Å². The lowest BCUT2D eigenvalue weighted by Gasteiger charge is -2.29. The Morgan fingerprint density at radius 1 is 1.50 bits per heavy atom. The minimum atomic E-state index is -0.423. The van der Waals surface area contributed by atoms with Crippen molar-refractivity contribution >= 4 is 23.3 Å². The molecule has 2 heterocycles. The van der Waals surface area contributed by atoms with E-state index in [4.69, 9.17) is 0 Å². The van der Waals surface area contributed by atoms with Crippen LogP contribution >= 0.6 is 11.3 Å². The molecular formula is C14H21N3O2S. The molecule has 3 amide bonds. The maximum absolute atomic E-state index is 11.8. The average molecular weight is 295 g/mol. The summed E-state index contributed by atoms with van der Waals surface area (Å²) in [6.45, 7) is 4.82. The number of carbonyl (C=O) groups is 2. The van der Waals surface area contributed by atoms with Crippen molar-refractivity contribution in [1.82, 2.24) is 15.5 Å². The summed E-state index contributed by atoms with van der Waals surface area (Å²) < 4.78 is 0. The Morgan fingerprint density at radius 2 is 2.35 bits per heavy atom. The van der Waals surface area contributed by atoms with E-state index in [0.29, 0.717) is 19.0 Å². The van der Waals surface area contributed by atoms with Gasteiger partial charge in [0.25, 0.3) is 0 Å². The summed E-state index contributed by atoms with van der Waals surface area (Å²) in [6, 6.07) is 3.46. The lowest BCUT2D eigenvalue weighted by molar-refractivity contribution is -0.121. The highest BCUT2D eigenvalue weighted by atomic mass is 32.1. The number of carbonyl (C=O) groups excluding carboxylic acids is 2. The van der Waals surface area contributed by atoms with Gasteiger partial charge in [0.05, 0.1) is 13.1 Å². The molecule has 20 heavy (non-hydrogen) atoms. The molecule has 0 bridgehead atoms. The molecule has 0 saturated carbocycles. The van der Waals surface area contributed by atoms with Gasteiger partial charge in [0.1, 0.15) is 0 Å². The summed E-state index contributed by atoms with van der Waals surface area (Å²) in [4.78, 5) is 26.6. The fourth-order valence-corrected chi connectivity index (χ4v) is 3.07. The van der Waals surface area contributed by atoms with Crippen LogP contribution in [0.3, 0.4) is 0 Å². The largest absolute Gasteiger partial charge is 0.333 e. The fourth-order valence-electron chi connectivity index (χ4n) is 2.42. The average Bonchev–Trinajstić information content (AvgIpc) is 2.89. The molecule has 1 aliphatic rings. The molecular weight excluding hydrogens is 274 g/mol. The SMILES string of the molecule is C[C@H]1CCCN(CC(=O)NC(=O)NCc2cccs2)C1. The summed E-state index contributed by atoms with van der Waals surface area (Å²) in [7, 11) is 0. The number of amides is 3. The predicted molar refractivity (Wildman–Crippen MR) is 79.5 cm³/mol. The maximum Gasteiger partial charge on any atom is 0.321 e. The van der Waals surface area contributed by atoms with Crippen molar-refractivity contribution in [2.24, 2.45) is 5.92 Å². The van der Waals surface area contributed by atoms with E-state index in [1.165, 1.54) is 6.42 Å². The molecule has 2 rings (SSSR count). The number of urea groups is 1. The van der Waals surface area contributed by atoms with Gasteiger partial charge in [0, 0.05) is 11.4 Å². The molecule has 1 atom stereocenters. The van der Waals surface area contributed by atoms with Crippen LogP contribution in [0.4, 0.5) is 4.79 Å². The highest BCUT2D eigenvalue weighted by molar-refractivity contribution is 7.09. The molecule has 0 unspecified atom stereocenters. The second kappa shape index (κ2) is 7.40. The van der Waals surface area contributed by atoms with E-state index in [-0.39, 0.29) is 5.91 Å². The van der Waals surface area contributed by atoms with E-state index in [1.54, 1.807) is 11.3 Å². The van der Waals surface area contributed by atoms with Gasteiger partial charge in [-0.1, -0.05) is 13.0 Å². The van der Waals surface area contributed by atoms with Crippen LogP contribution < -0.4 is 10.6 Å². The first-order valence-electron chi connectivity index (χ1n) is 6.96. The molecule has 110 valence electrons. The Bertz CT molecular complexity index is 447. The standard InChI is InChI=1S/C14H21N3O2S/c1-11-4-2-6-17(9-11)10-13(18)16-14(19)15-8-12-5-3-7-20-12/h3,5,7,11H,2,4,6,8-10H2,1H3,(H2,15,16,18,19)/t11-/m0/s1. The number of rotatable bonds is 4. The van der Waals surface area contributed by atoms with Crippen molar-refractivity contribution in [2.75, 3.05) is 19.6 Å². The van der Waals surface area contributed by atoms with Crippen LogP contribution in [0.2, 0.25) is 0 Å². The number of nitrogens with one attached hydrogen (secondary N) is 2. The van der Waals surface area contributed by atoms with Gasteiger partial charge in [-0.15, -0.1) is 11.3 Å². The monoisotopic (exact) mass is 295 g/mol. The van der Waals surface area contributed by atoms with Crippen molar-refractivity contribution < 1.29 is 9.59 Å². The Balaban J connectivity index is 1.67. The van der Waals surface area contributed by atoms with Crippen molar-refractivity contribution in [2.45, 2.75) is 26.3 Å². The van der Waals surface area contributed by atoms with Gasteiger partial charge in [0.2, 0.25) is 5.91 Å². The zero-order valence-corrected chi connectivity index (χ0v) is 12.5. The molecule has 0 radical (unpaired) electrons. The van der Waals surface area contributed by atoms with E-state index >= 15 is 0 Å². The molecule has 1 fully saturated rings. The molecule has 1 aliphatic heterocycles. The van der Waals surface area contributed by atoms with Crippen LogP contribution in [-0.4, -0.2) is 36.5 Å². The van der Waals surface area contributed by atoms with Gasteiger partial charge in [-0.05, 0) is 36.8 Å². The number of nitrogens with zero attached hydrogens (tertiary/aromatic N) is 1. The lowest BCUT2D eigenvalue weighted by atomic mass is 10.0. The molecule has 0 spiro atoms. The highest BCUT2D eigenvalue weighted by Gasteiger charge is 2.19.